The smallest absolute Gasteiger partial charge is 0.156 e. The second-order valence-electron chi connectivity index (χ2n) is 14.5. The van der Waals surface area contributed by atoms with Crippen molar-refractivity contribution in [2.75, 3.05) is 25.1 Å². The molecular weight excluding hydrogens is 470 g/mol. The second kappa shape index (κ2) is 9.34. The minimum absolute atomic E-state index is 0.0921. The molecule has 1 heterocycles. The van der Waals surface area contributed by atoms with Gasteiger partial charge in [-0.05, 0) is 104 Å². The number of hydrogen-bond acceptors (Lipinski definition) is 4. The van der Waals surface area contributed by atoms with Gasteiger partial charge in [-0.1, -0.05) is 45.4 Å². The predicted octanol–water partition coefficient (Wildman–Crippen LogP) is 6.98. The third kappa shape index (κ3) is 4.31. The molecule has 1 N–H and O–H groups in total. The summed E-state index contributed by atoms with van der Waals surface area (Å²) in [5.41, 5.74) is 6.60. The third-order valence-corrected chi connectivity index (χ3v) is 11.2. The molecule has 5 aliphatic rings. The number of ether oxygens (including phenoxy) is 1. The summed E-state index contributed by atoms with van der Waals surface area (Å²) in [6.07, 6.45) is 11.0. The van der Waals surface area contributed by atoms with E-state index in [1.807, 2.05) is 6.08 Å². The highest BCUT2D eigenvalue weighted by Crippen LogP contribution is 2.67. The van der Waals surface area contributed by atoms with Gasteiger partial charge in [0.25, 0.3) is 0 Å². The minimum Gasteiger partial charge on any atom is -0.389 e. The van der Waals surface area contributed by atoms with Crippen molar-refractivity contribution in [1.29, 1.82) is 0 Å². The van der Waals surface area contributed by atoms with Gasteiger partial charge in [0.1, 0.15) is 0 Å². The molecular formula is C34H47NO3. The van der Waals surface area contributed by atoms with Crippen LogP contribution in [-0.2, 0) is 9.53 Å². The molecule has 1 aromatic rings. The quantitative estimate of drug-likeness (QED) is 0.458. The van der Waals surface area contributed by atoms with Crippen LogP contribution < -0.4 is 4.90 Å². The first kappa shape index (κ1) is 26.3. The van der Waals surface area contributed by atoms with E-state index in [4.69, 9.17) is 4.74 Å². The monoisotopic (exact) mass is 517 g/mol. The Morgan fingerprint density at radius 3 is 2.50 bits per heavy atom. The van der Waals surface area contributed by atoms with Gasteiger partial charge in [0, 0.05) is 43.6 Å². The maximum Gasteiger partial charge on any atom is 0.156 e. The second-order valence-corrected chi connectivity index (χ2v) is 14.5. The molecule has 0 bridgehead atoms. The van der Waals surface area contributed by atoms with Crippen molar-refractivity contribution in [2.24, 2.45) is 22.7 Å². The van der Waals surface area contributed by atoms with Gasteiger partial charge < -0.3 is 14.7 Å². The van der Waals surface area contributed by atoms with E-state index in [1.165, 1.54) is 22.4 Å². The molecule has 3 fully saturated rings. The summed E-state index contributed by atoms with van der Waals surface area (Å²) in [5, 5.41) is 12.3. The molecule has 0 radical (unpaired) electrons. The number of allylic oxidation sites excluding steroid dienone is 4. The number of hydrogen-bond donors (Lipinski definition) is 1. The number of methoxy groups -OCH3 is 1. The Kier molecular flexibility index (Phi) is 6.47. The summed E-state index contributed by atoms with van der Waals surface area (Å²) in [5.74, 6) is 1.65. The van der Waals surface area contributed by atoms with E-state index in [-0.39, 0.29) is 10.8 Å². The number of benzene rings is 1. The van der Waals surface area contributed by atoms with Crippen LogP contribution in [0.1, 0.15) is 97.0 Å². The van der Waals surface area contributed by atoms with Crippen LogP contribution in [0.25, 0.3) is 0 Å². The van der Waals surface area contributed by atoms with Crippen LogP contribution in [0.5, 0.6) is 0 Å². The van der Waals surface area contributed by atoms with E-state index >= 15 is 0 Å². The maximum absolute atomic E-state index is 12.3. The summed E-state index contributed by atoms with van der Waals surface area (Å²) in [6, 6.07) is 9.29. The van der Waals surface area contributed by atoms with Crippen molar-refractivity contribution in [3.63, 3.8) is 0 Å². The summed E-state index contributed by atoms with van der Waals surface area (Å²) in [4.78, 5) is 14.7. The fraction of sp³-hybridized carbons (Fsp3) is 0.676. The Morgan fingerprint density at radius 1 is 1.08 bits per heavy atom. The summed E-state index contributed by atoms with van der Waals surface area (Å²) < 4.78 is 5.48. The fourth-order valence-corrected chi connectivity index (χ4v) is 8.76. The Labute approximate surface area is 229 Å². The molecule has 4 nitrogen and oxygen atoms in total. The van der Waals surface area contributed by atoms with Gasteiger partial charge in [0.05, 0.1) is 11.7 Å². The molecule has 4 aliphatic carbocycles. The Hall–Kier alpha value is -1.91. The number of nitrogens with zero attached hydrogens (tertiary/aromatic N) is 1. The molecule has 5 atom stereocenters. The zero-order valence-electron chi connectivity index (χ0n) is 24.2. The molecule has 2 saturated carbocycles. The highest BCUT2D eigenvalue weighted by molar-refractivity contribution is 5.93. The van der Waals surface area contributed by atoms with E-state index in [0.29, 0.717) is 36.1 Å². The van der Waals surface area contributed by atoms with Gasteiger partial charge in [-0.2, -0.15) is 0 Å². The number of carbonyl (C=O) groups is 1. The molecule has 4 heteroatoms. The van der Waals surface area contributed by atoms with Crippen LogP contribution in [0.15, 0.2) is 47.1 Å². The molecule has 0 amide bonds. The van der Waals surface area contributed by atoms with E-state index in [9.17, 15) is 9.90 Å². The van der Waals surface area contributed by atoms with Crippen LogP contribution in [-0.4, -0.2) is 42.8 Å². The largest absolute Gasteiger partial charge is 0.389 e. The first-order chi connectivity index (χ1) is 18.0. The molecule has 0 unspecified atom stereocenters. The molecule has 206 valence electrons. The normalized spacial score (nSPS) is 35.4. The van der Waals surface area contributed by atoms with Crippen LogP contribution in [0.4, 0.5) is 5.69 Å². The van der Waals surface area contributed by atoms with Gasteiger partial charge in [0.15, 0.2) is 5.78 Å². The number of carbonyl (C=O) groups excluding carboxylic acids is 1. The predicted molar refractivity (Wildman–Crippen MR) is 153 cm³/mol. The lowest BCUT2D eigenvalue weighted by Gasteiger charge is -2.55. The topological polar surface area (TPSA) is 49.8 Å². The van der Waals surface area contributed by atoms with Crippen molar-refractivity contribution < 1.29 is 14.6 Å². The summed E-state index contributed by atoms with van der Waals surface area (Å²) >= 11 is 0. The van der Waals surface area contributed by atoms with E-state index in [0.717, 1.165) is 64.5 Å². The van der Waals surface area contributed by atoms with Gasteiger partial charge in [-0.25, -0.2) is 0 Å². The standard InChI is InChI=1S/C34H47NO3/c1-32(2,3)16-17-34(37)15-14-30-28-12-8-23-18-25(36)11-13-27(23)31(28)29(19-33(30,34)4)22-6-9-24(10-7-22)35-20-26(21-35)38-5/h6-7,9-10,18,26,28-30,37H,8,11-17,19-21H2,1-5H3/t28-,29+,30-,33-,34+/m0/s1. The van der Waals surface area contributed by atoms with Crippen molar-refractivity contribution >= 4 is 11.5 Å². The van der Waals surface area contributed by atoms with Gasteiger partial charge in [-0.15, -0.1) is 0 Å². The molecule has 0 spiro atoms. The average Bonchev–Trinajstić information content (AvgIpc) is 3.12. The summed E-state index contributed by atoms with van der Waals surface area (Å²) in [6.45, 7) is 11.2. The summed E-state index contributed by atoms with van der Waals surface area (Å²) in [7, 11) is 1.80. The van der Waals surface area contributed by atoms with Gasteiger partial charge in [0.2, 0.25) is 0 Å². The third-order valence-electron chi connectivity index (χ3n) is 11.2. The SMILES string of the molecule is COC1CN(c2ccc([C@H]3C[C@@]4(C)[C@@H](CC[C@@]4(O)CCC(C)(C)C)[C@@H]4CCC5=CC(=O)CCC5=C43)cc2)C1. The lowest BCUT2D eigenvalue weighted by molar-refractivity contribution is -0.114. The maximum atomic E-state index is 12.3. The first-order valence-corrected chi connectivity index (χ1v) is 15.1. The van der Waals surface area contributed by atoms with Crippen LogP contribution in [0.2, 0.25) is 0 Å². The van der Waals surface area contributed by atoms with Gasteiger partial charge in [-0.3, -0.25) is 4.79 Å². The first-order valence-electron chi connectivity index (χ1n) is 15.1. The van der Waals surface area contributed by atoms with Crippen molar-refractivity contribution in [3.8, 4) is 0 Å². The van der Waals surface area contributed by atoms with Crippen molar-refractivity contribution in [2.45, 2.75) is 103 Å². The van der Waals surface area contributed by atoms with Gasteiger partial charge >= 0.3 is 0 Å². The molecule has 38 heavy (non-hydrogen) atoms. The molecule has 1 saturated heterocycles. The number of ketones is 1. The fourth-order valence-electron chi connectivity index (χ4n) is 8.76. The lowest BCUT2D eigenvalue weighted by Crippen LogP contribution is -2.52. The van der Waals surface area contributed by atoms with E-state index in [2.05, 4.69) is 56.9 Å². The van der Waals surface area contributed by atoms with E-state index in [1.54, 1.807) is 12.7 Å². The van der Waals surface area contributed by atoms with Crippen molar-refractivity contribution in [3.05, 3.63) is 52.6 Å². The Morgan fingerprint density at radius 2 is 1.82 bits per heavy atom. The number of aliphatic hydroxyl groups is 1. The Balaban J connectivity index is 1.38. The zero-order chi connectivity index (χ0) is 26.9. The van der Waals surface area contributed by atoms with Crippen molar-refractivity contribution in [1.82, 2.24) is 0 Å². The molecule has 6 rings (SSSR count). The number of anilines is 1. The Bertz CT molecular complexity index is 1150. The highest BCUT2D eigenvalue weighted by Gasteiger charge is 2.62. The molecule has 1 aromatic carbocycles. The van der Waals surface area contributed by atoms with Crippen LogP contribution >= 0.6 is 0 Å². The van der Waals surface area contributed by atoms with Crippen LogP contribution in [0.3, 0.4) is 0 Å². The average molecular weight is 518 g/mol. The number of fused-ring (bicyclic) bond motifs is 4. The molecule has 1 aliphatic heterocycles. The van der Waals surface area contributed by atoms with Crippen LogP contribution in [0, 0.1) is 22.7 Å². The molecule has 0 aromatic heterocycles. The lowest BCUT2D eigenvalue weighted by atomic mass is 9.50. The van der Waals surface area contributed by atoms with E-state index < -0.39 is 5.60 Å². The number of rotatable bonds is 5. The minimum atomic E-state index is -0.606. The zero-order valence-corrected chi connectivity index (χ0v) is 24.2. The highest BCUT2D eigenvalue weighted by atomic mass is 16.5.